The first-order valence-corrected chi connectivity index (χ1v) is 1.64. The Bertz CT molecular complexity index is 118. The zero-order valence-electron chi connectivity index (χ0n) is 6.72. The predicted molar refractivity (Wildman–Crippen MR) is 36.8 cm³/mol. The Morgan fingerprint density at radius 2 is 0.571 bits per heavy atom. The van der Waals surface area contributed by atoms with Crippen molar-refractivity contribution in [1.82, 2.24) is 0 Å². The van der Waals surface area contributed by atoms with Crippen molar-refractivity contribution in [3.63, 3.8) is 0 Å². The van der Waals surface area contributed by atoms with Crippen molar-refractivity contribution in [2.45, 2.75) is 0 Å². The van der Waals surface area contributed by atoms with E-state index < -0.39 is 15.3 Å². The SMILES string of the molecule is O=[N+]([O-])[O-].O=[N+]([O-])[O-].O=[N+]([O-])[O-].[Cs+].[Sr+2]. The van der Waals surface area contributed by atoms with Gasteiger partial charge in [0.1, 0.15) is 0 Å². The molecule has 0 radical (unpaired) electrons. The molecule has 0 spiro atoms. The van der Waals surface area contributed by atoms with Crippen LogP contribution in [0.15, 0.2) is 0 Å². The van der Waals surface area contributed by atoms with E-state index in [4.69, 9.17) is 46.0 Å². The molecule has 0 fully saturated rings. The maximum absolute atomic E-state index is 8.25. The first-order valence-electron chi connectivity index (χ1n) is 1.64. The molecule has 0 saturated heterocycles. The van der Waals surface area contributed by atoms with E-state index in [0.717, 1.165) is 0 Å². The van der Waals surface area contributed by atoms with Gasteiger partial charge in [-0.1, -0.05) is 0 Å². The van der Waals surface area contributed by atoms with Crippen LogP contribution >= 0.6 is 0 Å². The van der Waals surface area contributed by atoms with Gasteiger partial charge < -0.3 is 46.0 Å². The molecular formula is CsN3O9Sr. The average molecular weight is 407 g/mol. The van der Waals surface area contributed by atoms with E-state index in [1.807, 2.05) is 0 Å². The Labute approximate surface area is 171 Å². The van der Waals surface area contributed by atoms with Crippen molar-refractivity contribution in [3.8, 4) is 0 Å². The molecule has 0 amide bonds. The van der Waals surface area contributed by atoms with Gasteiger partial charge in [-0.05, 0) is 0 Å². The van der Waals surface area contributed by atoms with Gasteiger partial charge in [0.15, 0.2) is 0 Å². The molecule has 0 N–H and O–H groups in total. The molecule has 0 aromatic carbocycles. The molecule has 14 heteroatoms. The summed E-state index contributed by atoms with van der Waals surface area (Å²) < 4.78 is 0. The molecule has 0 aliphatic rings. The van der Waals surface area contributed by atoms with Gasteiger partial charge in [0.05, 0.1) is 15.3 Å². The smallest absolute Gasteiger partial charge is 0.356 e. The summed E-state index contributed by atoms with van der Waals surface area (Å²) in [4.78, 5) is 24.8. The van der Waals surface area contributed by atoms with Crippen LogP contribution in [0, 0.1) is 46.0 Å². The number of hydrogen-bond acceptors (Lipinski definition) is 9. The minimum absolute atomic E-state index is 0. The summed E-state index contributed by atoms with van der Waals surface area (Å²) in [5.74, 6) is 0. The van der Waals surface area contributed by atoms with Gasteiger partial charge in [-0.2, -0.15) is 0 Å². The molecule has 0 bridgehead atoms. The second-order valence-corrected chi connectivity index (χ2v) is 0.671. The first kappa shape index (κ1) is 29.4. The summed E-state index contributed by atoms with van der Waals surface area (Å²) in [7, 11) is 0. The van der Waals surface area contributed by atoms with Crippen LogP contribution < -0.4 is 68.9 Å². The van der Waals surface area contributed by atoms with Crippen molar-refractivity contribution in [3.05, 3.63) is 46.0 Å². The standard InChI is InChI=1S/Cs.3NO3.Sr/c;3*2-1(3)4;/q+1;3*-1;+2. The normalized spacial score (nSPS) is 5.14. The third-order valence-electron chi connectivity index (χ3n) is 0. The predicted octanol–water partition coefficient (Wildman–Crippen LogP) is -4.09. The molecule has 0 aliphatic carbocycles. The van der Waals surface area contributed by atoms with Crippen LogP contribution in [-0.2, 0) is 0 Å². The largest absolute Gasteiger partial charge is 2.00 e. The zero-order chi connectivity index (χ0) is 10.7. The fourth-order valence-electron chi connectivity index (χ4n) is 0. The fourth-order valence-corrected chi connectivity index (χ4v) is 0. The summed E-state index contributed by atoms with van der Waals surface area (Å²) in [6, 6.07) is 0. The van der Waals surface area contributed by atoms with Gasteiger partial charge in [-0.3, -0.25) is 0 Å². The molecule has 14 heavy (non-hydrogen) atoms. The van der Waals surface area contributed by atoms with Crippen LogP contribution in [0.3, 0.4) is 0 Å². The van der Waals surface area contributed by atoms with Gasteiger partial charge in [-0.25, -0.2) is 0 Å². The van der Waals surface area contributed by atoms with Crippen LogP contribution in [0.2, 0.25) is 0 Å². The zero-order valence-corrected chi connectivity index (χ0v) is 16.5. The van der Waals surface area contributed by atoms with E-state index in [1.54, 1.807) is 0 Å². The van der Waals surface area contributed by atoms with Gasteiger partial charge in [-0.15, -0.1) is 0 Å². The van der Waals surface area contributed by atoms with Crippen LogP contribution in [-0.4, -0.2) is 60.7 Å². The van der Waals surface area contributed by atoms with Crippen molar-refractivity contribution in [1.29, 1.82) is 0 Å². The van der Waals surface area contributed by atoms with Crippen LogP contribution in [0.5, 0.6) is 0 Å². The van der Waals surface area contributed by atoms with Gasteiger partial charge >= 0.3 is 114 Å². The second-order valence-electron chi connectivity index (χ2n) is 0.671. The van der Waals surface area contributed by atoms with Gasteiger partial charge in [0, 0.05) is 0 Å². The maximum Gasteiger partial charge on any atom is 2.00 e. The van der Waals surface area contributed by atoms with Crippen molar-refractivity contribution in [2.24, 2.45) is 0 Å². The van der Waals surface area contributed by atoms with Gasteiger partial charge in [0.25, 0.3) is 0 Å². The fraction of sp³-hybridized carbons (Fsp3) is 0. The van der Waals surface area contributed by atoms with E-state index >= 15 is 0 Å². The summed E-state index contributed by atoms with van der Waals surface area (Å²) in [5.41, 5.74) is 0. The third kappa shape index (κ3) is 1510. The monoisotopic (exact) mass is 407 g/mol. The summed E-state index contributed by atoms with van der Waals surface area (Å²) in [6.45, 7) is 0. The Morgan fingerprint density at radius 3 is 0.571 bits per heavy atom. The van der Waals surface area contributed by atoms with Crippen LogP contribution in [0.1, 0.15) is 0 Å². The van der Waals surface area contributed by atoms with E-state index in [0.29, 0.717) is 0 Å². The molecule has 0 aromatic rings. The summed E-state index contributed by atoms with van der Waals surface area (Å²) in [6.07, 6.45) is 0. The van der Waals surface area contributed by atoms with Crippen molar-refractivity contribution in [2.75, 3.05) is 0 Å². The van der Waals surface area contributed by atoms with Crippen molar-refractivity contribution < 1.29 is 84.2 Å². The molecule has 0 aromatic heterocycles. The average Bonchev–Trinajstić information content (AvgIpc) is 1.54. The maximum atomic E-state index is 8.25. The molecule has 0 unspecified atom stereocenters. The van der Waals surface area contributed by atoms with Crippen LogP contribution in [0.4, 0.5) is 0 Å². The molecule has 0 rings (SSSR count). The van der Waals surface area contributed by atoms with Crippen LogP contribution in [0.25, 0.3) is 0 Å². The quantitative estimate of drug-likeness (QED) is 0.218. The van der Waals surface area contributed by atoms with Crippen molar-refractivity contribution >= 4 is 45.5 Å². The molecule has 12 nitrogen and oxygen atoms in total. The van der Waals surface area contributed by atoms with E-state index in [1.165, 1.54) is 0 Å². The van der Waals surface area contributed by atoms with Gasteiger partial charge in [0.2, 0.25) is 0 Å². The Morgan fingerprint density at radius 1 is 0.571 bits per heavy atom. The molecule has 0 saturated carbocycles. The summed E-state index contributed by atoms with van der Waals surface area (Å²) >= 11 is 0. The molecule has 0 atom stereocenters. The minimum Gasteiger partial charge on any atom is -0.356 e. The Kier molecular flexibility index (Phi) is 49.9. The number of rotatable bonds is 0. The Hall–Kier alpha value is 1.13. The first-order chi connectivity index (χ1) is 5.20. The number of nitrogens with zero attached hydrogens (tertiary/aromatic N) is 3. The molecular weight excluding hydrogens is 407 g/mol. The van der Waals surface area contributed by atoms with E-state index in [-0.39, 0.29) is 114 Å². The second kappa shape index (κ2) is 23.7. The van der Waals surface area contributed by atoms with E-state index in [2.05, 4.69) is 0 Å². The molecule has 72 valence electrons. The minimum atomic E-state index is -1.75. The topological polar surface area (TPSA) is 199 Å². The third-order valence-corrected chi connectivity index (χ3v) is 0. The Balaban J connectivity index is -0.0000000270. The molecule has 0 aliphatic heterocycles. The van der Waals surface area contributed by atoms with E-state index in [9.17, 15) is 0 Å². The summed E-state index contributed by atoms with van der Waals surface area (Å²) in [5, 5.41) is 44.2. The molecule has 0 heterocycles. The number of hydrogen-bond donors (Lipinski definition) is 0.